The van der Waals surface area contributed by atoms with Crippen molar-refractivity contribution in [3.63, 3.8) is 0 Å². The maximum Gasteiger partial charge on any atom is 0.338 e. The first-order chi connectivity index (χ1) is 10.0. The number of hydrogen-bond donors (Lipinski definition) is 2. The fourth-order valence-corrected chi connectivity index (χ4v) is 2.47. The van der Waals surface area contributed by atoms with E-state index in [0.29, 0.717) is 16.8 Å². The third-order valence-electron chi connectivity index (χ3n) is 3.05. The highest BCUT2D eigenvalue weighted by Crippen LogP contribution is 2.27. The van der Waals surface area contributed by atoms with E-state index in [9.17, 15) is 18.0 Å². The molecule has 0 spiro atoms. The lowest BCUT2D eigenvalue weighted by molar-refractivity contribution is -0.114. The number of aryl methyl sites for hydroxylation is 2. The number of ether oxygens (including phenoxy) is 1. The summed E-state index contributed by atoms with van der Waals surface area (Å²) in [7, 11) is -4.19. The molecule has 0 saturated heterocycles. The molecular formula is C14H19NO6S. The van der Waals surface area contributed by atoms with Crippen LogP contribution in [0.4, 0.5) is 5.69 Å². The highest BCUT2D eigenvalue weighted by molar-refractivity contribution is 7.85. The molecule has 0 atom stereocenters. The molecule has 0 aromatic heterocycles. The SMILES string of the molecule is CC(=O)Nc1c(C)cc(C)c(C(=O)OCCS(=O)(=O)O)c1C. The number of carbonyl (C=O) groups excluding carboxylic acids is 2. The Bertz CT molecular complexity index is 709. The monoisotopic (exact) mass is 329 g/mol. The van der Waals surface area contributed by atoms with Crippen molar-refractivity contribution in [1.29, 1.82) is 0 Å². The third-order valence-corrected chi connectivity index (χ3v) is 3.73. The van der Waals surface area contributed by atoms with Crippen LogP contribution in [0.3, 0.4) is 0 Å². The zero-order valence-electron chi connectivity index (χ0n) is 12.9. The van der Waals surface area contributed by atoms with Crippen LogP contribution in [0.15, 0.2) is 6.07 Å². The Morgan fingerprint density at radius 2 is 1.82 bits per heavy atom. The molecule has 1 aromatic rings. The Morgan fingerprint density at radius 1 is 1.23 bits per heavy atom. The van der Waals surface area contributed by atoms with Gasteiger partial charge in [-0.2, -0.15) is 8.42 Å². The second-order valence-corrected chi connectivity index (χ2v) is 6.56. The van der Waals surface area contributed by atoms with Crippen LogP contribution in [-0.4, -0.2) is 37.2 Å². The highest BCUT2D eigenvalue weighted by atomic mass is 32.2. The summed E-state index contributed by atoms with van der Waals surface area (Å²) >= 11 is 0. The molecule has 0 aliphatic heterocycles. The molecule has 7 nitrogen and oxygen atoms in total. The van der Waals surface area contributed by atoms with E-state index in [4.69, 9.17) is 9.29 Å². The van der Waals surface area contributed by atoms with E-state index in [-0.39, 0.29) is 11.5 Å². The van der Waals surface area contributed by atoms with Crippen LogP contribution in [0.25, 0.3) is 0 Å². The summed E-state index contributed by atoms with van der Waals surface area (Å²) in [6, 6.07) is 1.73. The number of benzene rings is 1. The highest BCUT2D eigenvalue weighted by Gasteiger charge is 2.19. The topological polar surface area (TPSA) is 110 Å². The van der Waals surface area contributed by atoms with Crippen molar-refractivity contribution in [2.45, 2.75) is 27.7 Å². The molecule has 1 rings (SSSR count). The molecule has 0 heterocycles. The first-order valence-electron chi connectivity index (χ1n) is 6.53. The van der Waals surface area contributed by atoms with Crippen molar-refractivity contribution in [2.75, 3.05) is 17.7 Å². The average Bonchev–Trinajstić information content (AvgIpc) is 2.32. The molecule has 0 bridgehead atoms. The van der Waals surface area contributed by atoms with Crippen LogP contribution in [0.2, 0.25) is 0 Å². The quantitative estimate of drug-likeness (QED) is 0.627. The Hall–Kier alpha value is -1.93. The molecule has 122 valence electrons. The van der Waals surface area contributed by atoms with Gasteiger partial charge in [0.2, 0.25) is 5.91 Å². The zero-order valence-corrected chi connectivity index (χ0v) is 13.7. The summed E-state index contributed by atoms with van der Waals surface area (Å²) in [4.78, 5) is 23.4. The normalized spacial score (nSPS) is 11.1. The lowest BCUT2D eigenvalue weighted by Gasteiger charge is -2.16. The minimum atomic E-state index is -4.19. The molecule has 1 amide bonds. The van der Waals surface area contributed by atoms with Gasteiger partial charge in [-0.3, -0.25) is 9.35 Å². The van der Waals surface area contributed by atoms with Gasteiger partial charge in [-0.25, -0.2) is 4.79 Å². The van der Waals surface area contributed by atoms with Gasteiger partial charge in [0.15, 0.2) is 0 Å². The summed E-state index contributed by atoms with van der Waals surface area (Å²) in [6.45, 7) is 6.11. The maximum atomic E-state index is 12.1. The molecule has 0 fully saturated rings. The number of esters is 1. The first kappa shape index (κ1) is 18.1. The molecule has 2 N–H and O–H groups in total. The fraction of sp³-hybridized carbons (Fsp3) is 0.429. The summed E-state index contributed by atoms with van der Waals surface area (Å²) in [5.41, 5.74) is 2.80. The van der Waals surface area contributed by atoms with Crippen molar-refractivity contribution in [3.8, 4) is 0 Å². The number of amides is 1. The van der Waals surface area contributed by atoms with Crippen LogP contribution in [0.1, 0.15) is 34.0 Å². The smallest absolute Gasteiger partial charge is 0.338 e. The largest absolute Gasteiger partial charge is 0.461 e. The Morgan fingerprint density at radius 3 is 2.32 bits per heavy atom. The molecule has 0 radical (unpaired) electrons. The van der Waals surface area contributed by atoms with E-state index < -0.39 is 28.4 Å². The van der Waals surface area contributed by atoms with Crippen LogP contribution >= 0.6 is 0 Å². The number of hydrogen-bond acceptors (Lipinski definition) is 5. The maximum absolute atomic E-state index is 12.1. The molecule has 0 aliphatic rings. The van der Waals surface area contributed by atoms with Gasteiger partial charge in [-0.1, -0.05) is 6.07 Å². The second kappa shape index (κ2) is 6.89. The molecule has 22 heavy (non-hydrogen) atoms. The average molecular weight is 329 g/mol. The summed E-state index contributed by atoms with van der Waals surface area (Å²) in [5, 5.41) is 2.66. The van der Waals surface area contributed by atoms with Crippen molar-refractivity contribution in [3.05, 3.63) is 28.3 Å². The summed E-state index contributed by atoms with van der Waals surface area (Å²) < 4.78 is 34.7. The standard InChI is InChI=1S/C14H19NO6S/c1-8-7-9(2)13(15-11(4)16)10(3)12(8)14(17)21-5-6-22(18,19)20/h7H,5-6H2,1-4H3,(H,15,16)(H,18,19,20). The van der Waals surface area contributed by atoms with Crippen molar-refractivity contribution in [1.82, 2.24) is 0 Å². The molecule has 8 heteroatoms. The fourth-order valence-electron chi connectivity index (χ4n) is 2.18. The van der Waals surface area contributed by atoms with Gasteiger partial charge in [-0.05, 0) is 37.5 Å². The minimum absolute atomic E-state index is 0.263. The first-order valence-corrected chi connectivity index (χ1v) is 8.14. The molecule has 1 aromatic carbocycles. The van der Waals surface area contributed by atoms with Gasteiger partial charge in [0, 0.05) is 12.6 Å². The van der Waals surface area contributed by atoms with Gasteiger partial charge in [0.1, 0.15) is 12.4 Å². The summed E-state index contributed by atoms with van der Waals surface area (Å²) in [6.07, 6.45) is 0. The van der Waals surface area contributed by atoms with E-state index in [1.807, 2.05) is 0 Å². The van der Waals surface area contributed by atoms with Gasteiger partial charge in [0.25, 0.3) is 10.1 Å². The number of anilines is 1. The Labute approximate surface area is 129 Å². The Balaban J connectivity index is 3.08. The van der Waals surface area contributed by atoms with Crippen LogP contribution in [-0.2, 0) is 19.6 Å². The number of nitrogens with one attached hydrogen (secondary N) is 1. The molecule has 0 unspecified atom stereocenters. The predicted molar refractivity (Wildman–Crippen MR) is 81.7 cm³/mol. The van der Waals surface area contributed by atoms with Gasteiger partial charge in [-0.15, -0.1) is 0 Å². The van der Waals surface area contributed by atoms with Crippen LogP contribution in [0, 0.1) is 20.8 Å². The van der Waals surface area contributed by atoms with Crippen molar-refractivity contribution >= 4 is 27.7 Å². The van der Waals surface area contributed by atoms with E-state index in [0.717, 1.165) is 5.56 Å². The zero-order chi connectivity index (χ0) is 17.1. The molecule has 0 saturated carbocycles. The number of carbonyl (C=O) groups is 2. The second-order valence-electron chi connectivity index (χ2n) is 4.99. The van der Waals surface area contributed by atoms with Crippen molar-refractivity contribution < 1.29 is 27.3 Å². The van der Waals surface area contributed by atoms with E-state index in [1.165, 1.54) is 6.92 Å². The molecular weight excluding hydrogens is 310 g/mol. The van der Waals surface area contributed by atoms with E-state index >= 15 is 0 Å². The Kier molecular flexibility index (Phi) is 5.67. The lowest BCUT2D eigenvalue weighted by atomic mass is 9.97. The lowest BCUT2D eigenvalue weighted by Crippen LogP contribution is -2.18. The van der Waals surface area contributed by atoms with Gasteiger partial charge < -0.3 is 10.1 Å². The van der Waals surface area contributed by atoms with Crippen molar-refractivity contribution in [2.24, 2.45) is 0 Å². The van der Waals surface area contributed by atoms with Crippen LogP contribution < -0.4 is 5.32 Å². The third kappa shape index (κ3) is 4.81. The minimum Gasteiger partial charge on any atom is -0.461 e. The van der Waals surface area contributed by atoms with Crippen LogP contribution in [0.5, 0.6) is 0 Å². The summed E-state index contributed by atoms with van der Waals surface area (Å²) in [5.74, 6) is -1.63. The van der Waals surface area contributed by atoms with E-state index in [1.54, 1.807) is 26.8 Å². The number of rotatable bonds is 5. The van der Waals surface area contributed by atoms with Gasteiger partial charge >= 0.3 is 5.97 Å². The molecule has 0 aliphatic carbocycles. The van der Waals surface area contributed by atoms with E-state index in [2.05, 4.69) is 5.32 Å². The van der Waals surface area contributed by atoms with Gasteiger partial charge in [0.05, 0.1) is 5.56 Å². The predicted octanol–water partition coefficient (Wildman–Crippen LogP) is 1.61.